The van der Waals surface area contributed by atoms with Crippen LogP contribution in [0, 0.1) is 0 Å². The lowest BCUT2D eigenvalue weighted by molar-refractivity contribution is -0.890. The minimum atomic E-state index is -0.672. The van der Waals surface area contributed by atoms with E-state index in [1.807, 2.05) is 0 Å². The fourth-order valence-electron chi connectivity index (χ4n) is 2.80. The van der Waals surface area contributed by atoms with Crippen LogP contribution in [-0.4, -0.2) is 42.7 Å². The van der Waals surface area contributed by atoms with Gasteiger partial charge in [0.2, 0.25) is 0 Å². The van der Waals surface area contributed by atoms with Crippen LogP contribution in [0.2, 0.25) is 0 Å². The van der Waals surface area contributed by atoms with Gasteiger partial charge in [0.1, 0.15) is 0 Å². The summed E-state index contributed by atoms with van der Waals surface area (Å²) in [5.74, 6) is -0.672. The summed E-state index contributed by atoms with van der Waals surface area (Å²) in [7, 11) is 4.44. The lowest BCUT2D eigenvalue weighted by atomic mass is 10.1. The van der Waals surface area contributed by atoms with Crippen molar-refractivity contribution in [3.8, 4) is 0 Å². The van der Waals surface area contributed by atoms with Crippen molar-refractivity contribution < 1.29 is 14.4 Å². The molecule has 0 radical (unpaired) electrons. The van der Waals surface area contributed by atoms with Gasteiger partial charge in [0.15, 0.2) is 0 Å². The van der Waals surface area contributed by atoms with Gasteiger partial charge in [-0.2, -0.15) is 0 Å². The summed E-state index contributed by atoms with van der Waals surface area (Å²) >= 11 is 0. The molecule has 0 saturated heterocycles. The van der Waals surface area contributed by atoms with E-state index in [2.05, 4.69) is 21.0 Å². The third-order valence-electron chi connectivity index (χ3n) is 4.27. The van der Waals surface area contributed by atoms with E-state index in [1.165, 1.54) is 70.8 Å². The quantitative estimate of drug-likeness (QED) is 0.347. The summed E-state index contributed by atoms with van der Waals surface area (Å²) in [6.07, 6.45) is 14.8. The largest absolute Gasteiger partial charge is 0.481 e. The highest BCUT2D eigenvalue weighted by atomic mass is 16.4. The van der Waals surface area contributed by atoms with Crippen molar-refractivity contribution in [1.82, 2.24) is 0 Å². The predicted molar refractivity (Wildman–Crippen MR) is 90.6 cm³/mol. The molecule has 0 heterocycles. The van der Waals surface area contributed by atoms with Crippen molar-refractivity contribution >= 4 is 5.97 Å². The second-order valence-corrected chi connectivity index (χ2v) is 7.06. The average molecular weight is 301 g/mol. The minimum absolute atomic E-state index is 0.305. The highest BCUT2D eigenvalue weighted by Crippen LogP contribution is 2.12. The Morgan fingerprint density at radius 1 is 0.762 bits per heavy atom. The summed E-state index contributed by atoms with van der Waals surface area (Å²) < 4.78 is 0.963. The fourth-order valence-corrected chi connectivity index (χ4v) is 2.80. The van der Waals surface area contributed by atoms with E-state index in [-0.39, 0.29) is 0 Å². The van der Waals surface area contributed by atoms with Crippen LogP contribution in [0.15, 0.2) is 0 Å². The Kier molecular flexibility index (Phi) is 12.8. The third kappa shape index (κ3) is 15.6. The molecule has 0 bridgehead atoms. The molecule has 0 aliphatic rings. The molecule has 0 atom stereocenters. The van der Waals surface area contributed by atoms with Crippen LogP contribution in [0.1, 0.15) is 84.0 Å². The van der Waals surface area contributed by atoms with E-state index in [1.54, 1.807) is 0 Å². The summed E-state index contributed by atoms with van der Waals surface area (Å²) in [5, 5.41) is 8.67. The Bertz CT molecular complexity index is 252. The molecule has 0 unspecified atom stereocenters. The first-order valence-electron chi connectivity index (χ1n) is 9.02. The third-order valence-corrected chi connectivity index (χ3v) is 4.27. The monoisotopic (exact) mass is 300 g/mol. The number of aliphatic carboxylic acids is 1. The SMILES string of the molecule is CCCCCCCCCCCC[N+](C)(C)CCCC(=O)O. The topological polar surface area (TPSA) is 37.3 Å². The smallest absolute Gasteiger partial charge is 0.303 e. The first-order valence-corrected chi connectivity index (χ1v) is 9.02. The summed E-state index contributed by atoms with van der Waals surface area (Å²) in [6, 6.07) is 0. The van der Waals surface area contributed by atoms with Gasteiger partial charge in [0.25, 0.3) is 0 Å². The van der Waals surface area contributed by atoms with E-state index in [9.17, 15) is 4.79 Å². The lowest BCUT2D eigenvalue weighted by Crippen LogP contribution is -2.41. The number of carbonyl (C=O) groups is 1. The summed E-state index contributed by atoms with van der Waals surface area (Å²) in [4.78, 5) is 10.5. The fraction of sp³-hybridized carbons (Fsp3) is 0.944. The summed E-state index contributed by atoms with van der Waals surface area (Å²) in [5.41, 5.74) is 0. The number of carboxylic acid groups (broad SMARTS) is 1. The second kappa shape index (κ2) is 13.1. The molecule has 1 N–H and O–H groups in total. The molecule has 0 spiro atoms. The Morgan fingerprint density at radius 2 is 1.19 bits per heavy atom. The van der Waals surface area contributed by atoms with Crippen LogP contribution in [-0.2, 0) is 4.79 Å². The van der Waals surface area contributed by atoms with Gasteiger partial charge in [-0.25, -0.2) is 0 Å². The first kappa shape index (κ1) is 20.4. The van der Waals surface area contributed by atoms with Gasteiger partial charge in [0.05, 0.1) is 33.6 Å². The summed E-state index contributed by atoms with van der Waals surface area (Å²) in [6.45, 7) is 4.42. The van der Waals surface area contributed by atoms with Crippen molar-refractivity contribution in [2.24, 2.45) is 0 Å². The molecule has 0 amide bonds. The van der Waals surface area contributed by atoms with Gasteiger partial charge in [-0.05, 0) is 12.8 Å². The molecule has 3 heteroatoms. The highest BCUT2D eigenvalue weighted by molar-refractivity contribution is 5.66. The number of quaternary nitrogens is 1. The molecule has 126 valence electrons. The van der Waals surface area contributed by atoms with Crippen LogP contribution in [0.25, 0.3) is 0 Å². The van der Waals surface area contributed by atoms with Gasteiger partial charge in [0, 0.05) is 6.42 Å². The van der Waals surface area contributed by atoms with E-state index < -0.39 is 5.97 Å². The van der Waals surface area contributed by atoms with Crippen LogP contribution in [0.5, 0.6) is 0 Å². The molecule has 0 aromatic heterocycles. The highest BCUT2D eigenvalue weighted by Gasteiger charge is 2.14. The molecular formula is C18H38NO2+. The number of carboxylic acids is 1. The van der Waals surface area contributed by atoms with Crippen LogP contribution >= 0.6 is 0 Å². The van der Waals surface area contributed by atoms with Crippen LogP contribution in [0.4, 0.5) is 0 Å². The van der Waals surface area contributed by atoms with E-state index in [0.29, 0.717) is 6.42 Å². The van der Waals surface area contributed by atoms with Gasteiger partial charge in [-0.1, -0.05) is 58.3 Å². The molecule has 0 rings (SSSR count). The zero-order chi connectivity index (χ0) is 16.0. The zero-order valence-corrected chi connectivity index (χ0v) is 14.7. The molecular weight excluding hydrogens is 262 g/mol. The van der Waals surface area contributed by atoms with Crippen LogP contribution < -0.4 is 0 Å². The molecule has 3 nitrogen and oxygen atoms in total. The van der Waals surface area contributed by atoms with Gasteiger partial charge < -0.3 is 9.59 Å². The molecule has 0 saturated carbocycles. The number of hydrogen-bond acceptors (Lipinski definition) is 1. The lowest BCUT2D eigenvalue weighted by Gasteiger charge is -2.29. The molecule has 0 aromatic carbocycles. The van der Waals surface area contributed by atoms with Crippen molar-refractivity contribution in [2.45, 2.75) is 84.0 Å². The van der Waals surface area contributed by atoms with E-state index in [0.717, 1.165) is 17.4 Å². The number of unbranched alkanes of at least 4 members (excludes halogenated alkanes) is 9. The molecule has 0 aliphatic carbocycles. The molecule has 21 heavy (non-hydrogen) atoms. The van der Waals surface area contributed by atoms with Crippen molar-refractivity contribution in [1.29, 1.82) is 0 Å². The van der Waals surface area contributed by atoms with Gasteiger partial charge in [-0.3, -0.25) is 4.79 Å². The second-order valence-electron chi connectivity index (χ2n) is 7.06. The predicted octanol–water partition coefficient (Wildman–Crippen LogP) is 4.85. The standard InChI is InChI=1S/C18H37NO2/c1-4-5-6-7-8-9-10-11-12-13-16-19(2,3)17-14-15-18(20)21/h4-17H2,1-3H3/p+1. The van der Waals surface area contributed by atoms with Crippen molar-refractivity contribution in [3.05, 3.63) is 0 Å². The van der Waals surface area contributed by atoms with Gasteiger partial charge >= 0.3 is 5.97 Å². The average Bonchev–Trinajstić information content (AvgIpc) is 2.40. The molecule has 0 aliphatic heterocycles. The zero-order valence-electron chi connectivity index (χ0n) is 14.7. The number of rotatable bonds is 15. The molecule has 0 aromatic rings. The van der Waals surface area contributed by atoms with Gasteiger partial charge in [-0.15, -0.1) is 0 Å². The number of hydrogen-bond donors (Lipinski definition) is 1. The Hall–Kier alpha value is -0.570. The first-order chi connectivity index (χ1) is 9.98. The van der Waals surface area contributed by atoms with Crippen LogP contribution in [0.3, 0.4) is 0 Å². The van der Waals surface area contributed by atoms with Crippen molar-refractivity contribution in [3.63, 3.8) is 0 Å². The van der Waals surface area contributed by atoms with Crippen molar-refractivity contribution in [2.75, 3.05) is 27.2 Å². The van der Waals surface area contributed by atoms with E-state index >= 15 is 0 Å². The Morgan fingerprint density at radius 3 is 1.67 bits per heavy atom. The maximum atomic E-state index is 10.5. The van der Waals surface area contributed by atoms with E-state index in [4.69, 9.17) is 5.11 Å². The maximum Gasteiger partial charge on any atom is 0.303 e. The minimum Gasteiger partial charge on any atom is -0.481 e. The molecule has 0 fully saturated rings. The maximum absolute atomic E-state index is 10.5. The normalized spacial score (nSPS) is 11.8. The Balaban J connectivity index is 3.34. The Labute approximate surface area is 132 Å². The number of nitrogens with zero attached hydrogens (tertiary/aromatic N) is 1.